The number of nitrogens with zero attached hydrogens (tertiary/aromatic N) is 1. The van der Waals surface area contributed by atoms with Crippen LogP contribution in [0.1, 0.15) is 11.1 Å². The summed E-state index contributed by atoms with van der Waals surface area (Å²) in [5.41, 5.74) is 0.735. The van der Waals surface area contributed by atoms with Gasteiger partial charge >= 0.3 is 0 Å². The van der Waals surface area contributed by atoms with E-state index >= 15 is 0 Å². The van der Waals surface area contributed by atoms with Crippen LogP contribution in [0.2, 0.25) is 10.0 Å². The minimum atomic E-state index is -0.233. The van der Waals surface area contributed by atoms with Crippen LogP contribution in [0.25, 0.3) is 0 Å². The zero-order valence-corrected chi connectivity index (χ0v) is 7.52. The molecule has 0 bridgehead atoms. The molecular formula is C8H5Cl2NO. The Morgan fingerprint density at radius 2 is 2.08 bits per heavy atom. The molecule has 0 aliphatic rings. The van der Waals surface area contributed by atoms with E-state index in [-0.39, 0.29) is 17.2 Å². The Kier molecular flexibility index (Phi) is 2.93. The van der Waals surface area contributed by atoms with Gasteiger partial charge in [-0.1, -0.05) is 23.2 Å². The van der Waals surface area contributed by atoms with Crippen LogP contribution < -0.4 is 0 Å². The van der Waals surface area contributed by atoms with Gasteiger partial charge in [0.1, 0.15) is 6.07 Å². The van der Waals surface area contributed by atoms with Crippen molar-refractivity contribution in [2.75, 3.05) is 0 Å². The predicted octanol–water partition coefficient (Wildman–Crippen LogP) is 2.36. The fourth-order valence-electron chi connectivity index (χ4n) is 0.877. The molecule has 0 fully saturated rings. The van der Waals surface area contributed by atoms with Gasteiger partial charge in [-0.05, 0) is 17.7 Å². The van der Waals surface area contributed by atoms with E-state index in [0.717, 1.165) is 0 Å². The van der Waals surface area contributed by atoms with E-state index in [1.165, 1.54) is 12.1 Å². The zero-order valence-electron chi connectivity index (χ0n) is 6.01. The first kappa shape index (κ1) is 9.34. The SMILES string of the molecule is N#Cc1c(Cl)cc(Cl)cc1CO. The molecule has 0 heterocycles. The van der Waals surface area contributed by atoms with Gasteiger partial charge in [-0.3, -0.25) is 0 Å². The molecule has 0 saturated heterocycles. The maximum absolute atomic E-state index is 8.83. The van der Waals surface area contributed by atoms with Crippen molar-refractivity contribution in [1.82, 2.24) is 0 Å². The molecule has 0 amide bonds. The number of benzene rings is 1. The van der Waals surface area contributed by atoms with Gasteiger partial charge in [0.2, 0.25) is 0 Å². The summed E-state index contributed by atoms with van der Waals surface area (Å²) in [6.07, 6.45) is 0. The van der Waals surface area contributed by atoms with Gasteiger partial charge in [0.15, 0.2) is 0 Å². The molecule has 1 rings (SSSR count). The summed E-state index contributed by atoms with van der Waals surface area (Å²) in [6.45, 7) is -0.233. The Morgan fingerprint density at radius 1 is 1.42 bits per heavy atom. The normalized spacial score (nSPS) is 9.50. The summed E-state index contributed by atoms with van der Waals surface area (Å²) in [4.78, 5) is 0. The average Bonchev–Trinajstić information content (AvgIpc) is 2.03. The summed E-state index contributed by atoms with van der Waals surface area (Å²) in [5, 5.41) is 18.2. The molecule has 62 valence electrons. The first-order chi connectivity index (χ1) is 5.69. The highest BCUT2D eigenvalue weighted by Crippen LogP contribution is 2.24. The predicted molar refractivity (Wildman–Crippen MR) is 47.1 cm³/mol. The van der Waals surface area contributed by atoms with Gasteiger partial charge in [0, 0.05) is 5.02 Å². The highest BCUT2D eigenvalue weighted by molar-refractivity contribution is 6.35. The Morgan fingerprint density at radius 3 is 2.58 bits per heavy atom. The lowest BCUT2D eigenvalue weighted by molar-refractivity contribution is 0.281. The van der Waals surface area contributed by atoms with E-state index in [4.69, 9.17) is 33.6 Å². The van der Waals surface area contributed by atoms with Crippen LogP contribution >= 0.6 is 23.2 Å². The topological polar surface area (TPSA) is 44.0 Å². The van der Waals surface area contributed by atoms with Gasteiger partial charge in [0.05, 0.1) is 17.2 Å². The fraction of sp³-hybridized carbons (Fsp3) is 0.125. The van der Waals surface area contributed by atoms with Crippen molar-refractivity contribution in [3.05, 3.63) is 33.3 Å². The first-order valence-electron chi connectivity index (χ1n) is 3.18. The van der Waals surface area contributed by atoms with Crippen LogP contribution in [0.5, 0.6) is 0 Å². The number of hydrogen-bond donors (Lipinski definition) is 1. The van der Waals surface area contributed by atoms with Crippen LogP contribution in [0.3, 0.4) is 0 Å². The molecule has 0 spiro atoms. The quantitative estimate of drug-likeness (QED) is 0.759. The van der Waals surface area contributed by atoms with E-state index in [0.29, 0.717) is 10.6 Å². The highest BCUT2D eigenvalue weighted by atomic mass is 35.5. The van der Waals surface area contributed by atoms with E-state index in [2.05, 4.69) is 0 Å². The number of nitriles is 1. The molecule has 0 aliphatic carbocycles. The summed E-state index contributed by atoms with van der Waals surface area (Å²) in [5.74, 6) is 0. The lowest BCUT2D eigenvalue weighted by Gasteiger charge is -2.02. The molecule has 0 saturated carbocycles. The molecule has 12 heavy (non-hydrogen) atoms. The maximum Gasteiger partial charge on any atom is 0.101 e. The summed E-state index contributed by atoms with van der Waals surface area (Å²) >= 11 is 11.3. The minimum Gasteiger partial charge on any atom is -0.392 e. The van der Waals surface area contributed by atoms with E-state index < -0.39 is 0 Å². The molecule has 1 aromatic rings. The van der Waals surface area contributed by atoms with Crippen molar-refractivity contribution in [2.24, 2.45) is 0 Å². The van der Waals surface area contributed by atoms with E-state index in [9.17, 15) is 0 Å². The van der Waals surface area contributed by atoms with Crippen LogP contribution in [-0.2, 0) is 6.61 Å². The third-order valence-corrected chi connectivity index (χ3v) is 1.94. The molecule has 0 radical (unpaired) electrons. The van der Waals surface area contributed by atoms with Crippen LogP contribution in [0.4, 0.5) is 0 Å². The van der Waals surface area contributed by atoms with Gasteiger partial charge in [-0.25, -0.2) is 0 Å². The number of hydrogen-bond acceptors (Lipinski definition) is 2. The van der Waals surface area contributed by atoms with Crippen molar-refractivity contribution in [1.29, 1.82) is 5.26 Å². The molecule has 1 aromatic carbocycles. The lowest BCUT2D eigenvalue weighted by Crippen LogP contribution is -1.90. The third-order valence-electron chi connectivity index (χ3n) is 1.42. The zero-order chi connectivity index (χ0) is 9.14. The second kappa shape index (κ2) is 3.77. The molecular weight excluding hydrogens is 197 g/mol. The third kappa shape index (κ3) is 1.70. The van der Waals surface area contributed by atoms with Crippen LogP contribution in [0, 0.1) is 11.3 Å². The van der Waals surface area contributed by atoms with Crippen molar-refractivity contribution in [3.8, 4) is 6.07 Å². The molecule has 0 unspecified atom stereocenters. The van der Waals surface area contributed by atoms with E-state index in [1.54, 1.807) is 0 Å². The van der Waals surface area contributed by atoms with Crippen LogP contribution in [-0.4, -0.2) is 5.11 Å². The molecule has 2 nitrogen and oxygen atoms in total. The molecule has 0 aliphatic heterocycles. The van der Waals surface area contributed by atoms with Crippen molar-refractivity contribution < 1.29 is 5.11 Å². The van der Waals surface area contributed by atoms with Crippen LogP contribution in [0.15, 0.2) is 12.1 Å². The Hall–Kier alpha value is -0.750. The monoisotopic (exact) mass is 201 g/mol. The smallest absolute Gasteiger partial charge is 0.101 e. The largest absolute Gasteiger partial charge is 0.392 e. The number of aliphatic hydroxyl groups is 1. The summed E-state index contributed by atoms with van der Waals surface area (Å²) in [6, 6.07) is 4.88. The van der Waals surface area contributed by atoms with Crippen molar-refractivity contribution >= 4 is 23.2 Å². The fourth-order valence-corrected chi connectivity index (χ4v) is 1.45. The first-order valence-corrected chi connectivity index (χ1v) is 3.93. The molecule has 0 aromatic heterocycles. The Bertz CT molecular complexity index is 344. The molecule has 4 heteroatoms. The standard InChI is InChI=1S/C8H5Cl2NO/c9-6-1-5(4-12)7(3-11)8(10)2-6/h1-2,12H,4H2. The van der Waals surface area contributed by atoms with Crippen molar-refractivity contribution in [2.45, 2.75) is 6.61 Å². The van der Waals surface area contributed by atoms with E-state index in [1.807, 2.05) is 6.07 Å². The minimum absolute atomic E-state index is 0.233. The van der Waals surface area contributed by atoms with Crippen molar-refractivity contribution in [3.63, 3.8) is 0 Å². The Balaban J connectivity index is 3.36. The number of aliphatic hydroxyl groups excluding tert-OH is 1. The Labute approximate surface area is 80.0 Å². The van der Waals surface area contributed by atoms with Gasteiger partial charge < -0.3 is 5.11 Å². The number of halogens is 2. The van der Waals surface area contributed by atoms with Gasteiger partial charge in [0.25, 0.3) is 0 Å². The second-order valence-corrected chi connectivity index (χ2v) is 3.04. The molecule has 0 atom stereocenters. The van der Waals surface area contributed by atoms with Gasteiger partial charge in [-0.15, -0.1) is 0 Å². The van der Waals surface area contributed by atoms with Gasteiger partial charge in [-0.2, -0.15) is 5.26 Å². The highest BCUT2D eigenvalue weighted by Gasteiger charge is 2.06. The summed E-state index contributed by atoms with van der Waals surface area (Å²) in [7, 11) is 0. The maximum atomic E-state index is 8.83. The number of rotatable bonds is 1. The molecule has 1 N–H and O–H groups in total. The second-order valence-electron chi connectivity index (χ2n) is 2.19. The average molecular weight is 202 g/mol. The lowest BCUT2D eigenvalue weighted by atomic mass is 10.1. The summed E-state index contributed by atoms with van der Waals surface area (Å²) < 4.78 is 0.